The number of carbonyl (C=O) groups is 1. The molecule has 0 bridgehead atoms. The second-order valence-electron chi connectivity index (χ2n) is 5.21. The Labute approximate surface area is 126 Å². The number of rotatable bonds is 9. The first-order chi connectivity index (χ1) is 10.2. The van der Waals surface area contributed by atoms with Gasteiger partial charge in [0.05, 0.1) is 13.2 Å². The van der Waals surface area contributed by atoms with E-state index in [1.165, 1.54) is 0 Å². The molecule has 1 aromatic rings. The van der Waals surface area contributed by atoms with Gasteiger partial charge in [0.15, 0.2) is 0 Å². The van der Waals surface area contributed by atoms with Crippen LogP contribution in [0.15, 0.2) is 24.3 Å². The largest absolute Gasteiger partial charge is 0.492 e. The van der Waals surface area contributed by atoms with E-state index in [2.05, 4.69) is 4.90 Å². The van der Waals surface area contributed by atoms with E-state index >= 15 is 0 Å². The van der Waals surface area contributed by atoms with Gasteiger partial charge in [0, 0.05) is 19.1 Å². The van der Waals surface area contributed by atoms with Crippen molar-refractivity contribution in [3.8, 4) is 5.75 Å². The van der Waals surface area contributed by atoms with Crippen molar-refractivity contribution in [1.29, 1.82) is 0 Å². The lowest BCUT2D eigenvalue weighted by Gasteiger charge is -2.20. The van der Waals surface area contributed by atoms with Crippen LogP contribution in [-0.4, -0.2) is 43.2 Å². The third-order valence-corrected chi connectivity index (χ3v) is 3.48. The van der Waals surface area contributed by atoms with Crippen LogP contribution < -0.4 is 10.5 Å². The van der Waals surface area contributed by atoms with Crippen LogP contribution >= 0.6 is 0 Å². The molecule has 1 aromatic carbocycles. The van der Waals surface area contributed by atoms with Crippen molar-refractivity contribution in [2.24, 2.45) is 5.73 Å². The van der Waals surface area contributed by atoms with E-state index in [4.69, 9.17) is 15.2 Å². The van der Waals surface area contributed by atoms with Crippen LogP contribution in [0.3, 0.4) is 0 Å². The predicted octanol–water partition coefficient (Wildman–Crippen LogP) is 1.55. The van der Waals surface area contributed by atoms with Gasteiger partial charge in [-0.05, 0) is 37.5 Å². The Bertz CT molecular complexity index is 461. The molecular formula is C16H24N2O3. The van der Waals surface area contributed by atoms with Gasteiger partial charge in [-0.3, -0.25) is 9.69 Å². The second kappa shape index (κ2) is 8.00. The number of carbonyl (C=O) groups excluding carboxylic acids is 1. The number of ether oxygens (including phenoxy) is 2. The Morgan fingerprint density at radius 1 is 1.43 bits per heavy atom. The fraction of sp³-hybridized carbons (Fsp3) is 0.562. The molecule has 2 rings (SSSR count). The molecule has 0 saturated heterocycles. The third-order valence-electron chi connectivity index (χ3n) is 3.48. The second-order valence-corrected chi connectivity index (χ2v) is 5.21. The van der Waals surface area contributed by atoms with Crippen molar-refractivity contribution in [1.82, 2.24) is 4.90 Å². The summed E-state index contributed by atoms with van der Waals surface area (Å²) in [6.45, 7) is 4.41. The van der Waals surface area contributed by atoms with Crippen LogP contribution in [0, 0.1) is 0 Å². The minimum absolute atomic E-state index is 0.158. The summed E-state index contributed by atoms with van der Waals surface area (Å²) in [4.78, 5) is 13.7. The summed E-state index contributed by atoms with van der Waals surface area (Å²) in [5, 5.41) is 0. The molecule has 1 fully saturated rings. The standard InChI is InChI=1S/C16H24N2O3/c1-2-20-16(19)12-18(14-6-7-14)8-9-21-15-5-3-4-13(10-15)11-17/h3-5,10,14H,2,6-9,11-12,17H2,1H3. The summed E-state index contributed by atoms with van der Waals surface area (Å²) in [6, 6.07) is 8.30. The molecule has 5 nitrogen and oxygen atoms in total. The molecule has 1 aliphatic carbocycles. The monoisotopic (exact) mass is 292 g/mol. The number of nitrogens with zero attached hydrogens (tertiary/aromatic N) is 1. The summed E-state index contributed by atoms with van der Waals surface area (Å²) < 4.78 is 10.8. The van der Waals surface area contributed by atoms with Crippen molar-refractivity contribution >= 4 is 5.97 Å². The van der Waals surface area contributed by atoms with Crippen LogP contribution in [0.4, 0.5) is 0 Å². The number of benzene rings is 1. The summed E-state index contributed by atoms with van der Waals surface area (Å²) >= 11 is 0. The van der Waals surface area contributed by atoms with Crippen LogP contribution in [-0.2, 0) is 16.1 Å². The van der Waals surface area contributed by atoms with Gasteiger partial charge in [-0.1, -0.05) is 12.1 Å². The molecule has 0 aromatic heterocycles. The quantitative estimate of drug-likeness (QED) is 0.700. The average molecular weight is 292 g/mol. The van der Waals surface area contributed by atoms with Crippen molar-refractivity contribution in [3.63, 3.8) is 0 Å². The minimum atomic E-state index is -0.158. The highest BCUT2D eigenvalue weighted by molar-refractivity contribution is 5.71. The maximum Gasteiger partial charge on any atom is 0.320 e. The summed E-state index contributed by atoms with van der Waals surface area (Å²) in [5.74, 6) is 0.666. The third kappa shape index (κ3) is 5.36. The predicted molar refractivity (Wildman–Crippen MR) is 81.1 cm³/mol. The van der Waals surface area contributed by atoms with Crippen molar-refractivity contribution in [3.05, 3.63) is 29.8 Å². The van der Waals surface area contributed by atoms with Crippen molar-refractivity contribution in [2.75, 3.05) is 26.3 Å². The van der Waals surface area contributed by atoms with Crippen LogP contribution in [0.25, 0.3) is 0 Å². The van der Waals surface area contributed by atoms with Gasteiger partial charge in [-0.15, -0.1) is 0 Å². The first-order valence-electron chi connectivity index (χ1n) is 7.54. The lowest BCUT2D eigenvalue weighted by Crippen LogP contribution is -2.36. The maximum absolute atomic E-state index is 11.6. The topological polar surface area (TPSA) is 64.8 Å². The number of nitrogens with two attached hydrogens (primary N) is 1. The normalized spacial score (nSPS) is 14.2. The zero-order valence-corrected chi connectivity index (χ0v) is 12.6. The minimum Gasteiger partial charge on any atom is -0.492 e. The van der Waals surface area contributed by atoms with Gasteiger partial charge < -0.3 is 15.2 Å². The smallest absolute Gasteiger partial charge is 0.320 e. The number of hydrogen-bond donors (Lipinski definition) is 1. The van der Waals surface area contributed by atoms with Gasteiger partial charge in [-0.2, -0.15) is 0 Å². The highest BCUT2D eigenvalue weighted by Gasteiger charge is 2.30. The molecule has 0 unspecified atom stereocenters. The SMILES string of the molecule is CCOC(=O)CN(CCOc1cccc(CN)c1)C1CC1. The molecule has 0 heterocycles. The van der Waals surface area contributed by atoms with Gasteiger partial charge in [0.2, 0.25) is 0 Å². The Kier molecular flexibility index (Phi) is 6.02. The molecule has 2 N–H and O–H groups in total. The van der Waals surface area contributed by atoms with Gasteiger partial charge in [0.1, 0.15) is 12.4 Å². The fourth-order valence-electron chi connectivity index (χ4n) is 2.25. The molecule has 21 heavy (non-hydrogen) atoms. The van der Waals surface area contributed by atoms with E-state index in [1.54, 1.807) is 0 Å². The molecule has 5 heteroatoms. The zero-order valence-electron chi connectivity index (χ0n) is 12.6. The first kappa shape index (κ1) is 15.8. The lowest BCUT2D eigenvalue weighted by atomic mass is 10.2. The van der Waals surface area contributed by atoms with Crippen LogP contribution in [0.2, 0.25) is 0 Å². The Morgan fingerprint density at radius 2 is 2.24 bits per heavy atom. The van der Waals surface area contributed by atoms with E-state index < -0.39 is 0 Å². The molecule has 0 radical (unpaired) electrons. The van der Waals surface area contributed by atoms with E-state index in [0.717, 1.165) is 30.7 Å². The Morgan fingerprint density at radius 3 is 2.90 bits per heavy atom. The van der Waals surface area contributed by atoms with Gasteiger partial charge in [-0.25, -0.2) is 0 Å². The summed E-state index contributed by atoms with van der Waals surface area (Å²) in [5.41, 5.74) is 6.67. The Balaban J connectivity index is 1.77. The molecule has 1 aliphatic rings. The number of hydrogen-bond acceptors (Lipinski definition) is 5. The van der Waals surface area contributed by atoms with E-state index in [9.17, 15) is 4.79 Å². The molecule has 1 saturated carbocycles. The highest BCUT2D eigenvalue weighted by Crippen LogP contribution is 2.26. The molecular weight excluding hydrogens is 268 g/mol. The summed E-state index contributed by atoms with van der Waals surface area (Å²) in [7, 11) is 0. The Hall–Kier alpha value is -1.59. The average Bonchev–Trinajstić information content (AvgIpc) is 3.31. The van der Waals surface area contributed by atoms with Crippen LogP contribution in [0.1, 0.15) is 25.3 Å². The van der Waals surface area contributed by atoms with Gasteiger partial charge in [0.25, 0.3) is 0 Å². The fourth-order valence-corrected chi connectivity index (χ4v) is 2.25. The summed E-state index contributed by atoms with van der Waals surface area (Å²) in [6.07, 6.45) is 2.31. The molecule has 0 amide bonds. The maximum atomic E-state index is 11.6. The van der Waals surface area contributed by atoms with Crippen molar-refractivity contribution in [2.45, 2.75) is 32.4 Å². The van der Waals surface area contributed by atoms with Crippen molar-refractivity contribution < 1.29 is 14.3 Å². The van der Waals surface area contributed by atoms with E-state index in [-0.39, 0.29) is 5.97 Å². The first-order valence-corrected chi connectivity index (χ1v) is 7.54. The number of esters is 1. The van der Waals surface area contributed by atoms with E-state index in [0.29, 0.717) is 32.3 Å². The van der Waals surface area contributed by atoms with Crippen LogP contribution in [0.5, 0.6) is 5.75 Å². The molecule has 116 valence electrons. The molecule has 0 atom stereocenters. The highest BCUT2D eigenvalue weighted by atomic mass is 16.5. The zero-order chi connectivity index (χ0) is 15.1. The molecule has 0 aliphatic heterocycles. The lowest BCUT2D eigenvalue weighted by molar-refractivity contribution is -0.144. The van der Waals surface area contributed by atoms with E-state index in [1.807, 2.05) is 31.2 Å². The molecule has 0 spiro atoms. The van der Waals surface area contributed by atoms with Gasteiger partial charge >= 0.3 is 5.97 Å².